The fraction of sp³-hybridized carbons (Fsp3) is 0.105. The number of esters is 1. The number of rotatable bonds is 5. The average Bonchev–Trinajstić information content (AvgIpc) is 3.10. The maximum atomic E-state index is 12.3. The first-order chi connectivity index (χ1) is 12.2. The van der Waals surface area contributed by atoms with E-state index in [9.17, 15) is 4.79 Å². The lowest BCUT2D eigenvalue weighted by Gasteiger charge is -2.08. The molecule has 6 nitrogen and oxygen atoms in total. The molecule has 0 bridgehead atoms. The normalized spacial score (nSPS) is 10.2. The van der Waals surface area contributed by atoms with Crippen molar-refractivity contribution in [3.8, 4) is 23.5 Å². The van der Waals surface area contributed by atoms with Crippen LogP contribution >= 0.6 is 0 Å². The van der Waals surface area contributed by atoms with Crippen molar-refractivity contribution in [3.05, 3.63) is 66.1 Å². The fourth-order valence-electron chi connectivity index (χ4n) is 2.29. The quantitative estimate of drug-likeness (QED) is 0.573. The standard InChI is InChI=1S/C19H16N4O2/c1-2-8-23-12-16(11-22-23)15-9-17(18(20)21-10-15)19(24)25-13-14-6-4-3-5-7-14/h1,3-7,9-12H,8,13H2,(H2,20,21). The average molecular weight is 332 g/mol. The van der Waals surface area contributed by atoms with Gasteiger partial charge in [-0.15, -0.1) is 6.42 Å². The summed E-state index contributed by atoms with van der Waals surface area (Å²) in [4.78, 5) is 16.4. The predicted molar refractivity (Wildman–Crippen MR) is 94.3 cm³/mol. The number of nitrogens with two attached hydrogens (primary N) is 1. The third-order valence-electron chi connectivity index (χ3n) is 3.57. The Balaban J connectivity index is 1.78. The van der Waals surface area contributed by atoms with E-state index >= 15 is 0 Å². The van der Waals surface area contributed by atoms with E-state index in [-0.39, 0.29) is 18.0 Å². The highest BCUT2D eigenvalue weighted by atomic mass is 16.5. The highest BCUT2D eigenvalue weighted by Gasteiger charge is 2.15. The molecule has 0 aliphatic carbocycles. The van der Waals surface area contributed by atoms with Gasteiger partial charge < -0.3 is 10.5 Å². The van der Waals surface area contributed by atoms with E-state index in [1.807, 2.05) is 30.3 Å². The van der Waals surface area contributed by atoms with Crippen LogP contribution in [0.4, 0.5) is 5.82 Å². The minimum atomic E-state index is -0.522. The Morgan fingerprint density at radius 3 is 2.80 bits per heavy atom. The number of anilines is 1. The van der Waals surface area contributed by atoms with Gasteiger partial charge in [-0.1, -0.05) is 36.3 Å². The van der Waals surface area contributed by atoms with E-state index < -0.39 is 5.97 Å². The first-order valence-corrected chi connectivity index (χ1v) is 7.60. The SMILES string of the molecule is C#CCn1cc(-c2cnc(N)c(C(=O)OCc3ccccc3)c2)cn1. The molecule has 2 heterocycles. The Kier molecular flexibility index (Phi) is 4.77. The smallest absolute Gasteiger partial charge is 0.342 e. The molecule has 3 aromatic rings. The number of aromatic nitrogens is 3. The molecular formula is C19H16N4O2. The Bertz CT molecular complexity index is 926. The Morgan fingerprint density at radius 1 is 1.24 bits per heavy atom. The van der Waals surface area contributed by atoms with Gasteiger partial charge in [0.15, 0.2) is 0 Å². The summed E-state index contributed by atoms with van der Waals surface area (Å²) in [5, 5.41) is 4.15. The molecule has 1 aromatic carbocycles. The van der Waals surface area contributed by atoms with Gasteiger partial charge in [-0.2, -0.15) is 5.10 Å². The molecular weight excluding hydrogens is 316 g/mol. The van der Waals surface area contributed by atoms with Crippen LogP contribution in [0.15, 0.2) is 55.0 Å². The molecule has 124 valence electrons. The lowest BCUT2D eigenvalue weighted by atomic mass is 10.1. The van der Waals surface area contributed by atoms with Crippen molar-refractivity contribution in [2.24, 2.45) is 0 Å². The zero-order valence-electron chi connectivity index (χ0n) is 13.4. The maximum Gasteiger partial charge on any atom is 0.342 e. The molecule has 6 heteroatoms. The third kappa shape index (κ3) is 3.85. The number of benzene rings is 1. The van der Waals surface area contributed by atoms with Crippen molar-refractivity contribution in [2.45, 2.75) is 13.2 Å². The molecule has 0 fully saturated rings. The number of hydrogen-bond donors (Lipinski definition) is 1. The van der Waals surface area contributed by atoms with Gasteiger partial charge in [0.25, 0.3) is 0 Å². The van der Waals surface area contributed by atoms with E-state index in [0.717, 1.165) is 11.1 Å². The van der Waals surface area contributed by atoms with Crippen molar-refractivity contribution in [3.63, 3.8) is 0 Å². The van der Waals surface area contributed by atoms with E-state index in [1.54, 1.807) is 29.3 Å². The number of hydrogen-bond acceptors (Lipinski definition) is 5. The van der Waals surface area contributed by atoms with Gasteiger partial charge in [0.2, 0.25) is 0 Å². The Labute approximate surface area is 145 Å². The van der Waals surface area contributed by atoms with Crippen LogP contribution in [0.5, 0.6) is 0 Å². The Morgan fingerprint density at radius 2 is 2.04 bits per heavy atom. The van der Waals surface area contributed by atoms with E-state index in [0.29, 0.717) is 12.1 Å². The molecule has 0 radical (unpaired) electrons. The number of pyridine rings is 1. The van der Waals surface area contributed by atoms with Crippen LogP contribution in [0.25, 0.3) is 11.1 Å². The second kappa shape index (κ2) is 7.32. The number of carbonyl (C=O) groups excluding carboxylic acids is 1. The minimum Gasteiger partial charge on any atom is -0.457 e. The second-order valence-electron chi connectivity index (χ2n) is 5.35. The van der Waals surface area contributed by atoms with Crippen LogP contribution < -0.4 is 5.73 Å². The topological polar surface area (TPSA) is 83.0 Å². The van der Waals surface area contributed by atoms with Crippen LogP contribution in [0.3, 0.4) is 0 Å². The first-order valence-electron chi connectivity index (χ1n) is 7.60. The number of ether oxygens (including phenoxy) is 1. The number of nitrogens with zero attached hydrogens (tertiary/aromatic N) is 3. The summed E-state index contributed by atoms with van der Waals surface area (Å²) in [5.41, 5.74) is 8.45. The number of carbonyl (C=O) groups is 1. The maximum absolute atomic E-state index is 12.3. The molecule has 0 saturated heterocycles. The van der Waals surface area contributed by atoms with Crippen molar-refractivity contribution >= 4 is 11.8 Å². The van der Waals surface area contributed by atoms with Gasteiger partial charge >= 0.3 is 5.97 Å². The number of terminal acetylenes is 1. The third-order valence-corrected chi connectivity index (χ3v) is 3.57. The van der Waals surface area contributed by atoms with Crippen LogP contribution in [0, 0.1) is 12.3 Å². The van der Waals surface area contributed by atoms with Crippen molar-refractivity contribution in [2.75, 3.05) is 5.73 Å². The molecule has 0 aliphatic heterocycles. The Hall–Kier alpha value is -3.59. The van der Waals surface area contributed by atoms with Gasteiger partial charge in [-0.3, -0.25) is 4.68 Å². The zero-order chi connectivity index (χ0) is 17.6. The molecule has 0 unspecified atom stereocenters. The lowest BCUT2D eigenvalue weighted by Crippen LogP contribution is -2.09. The monoisotopic (exact) mass is 332 g/mol. The van der Waals surface area contributed by atoms with E-state index in [2.05, 4.69) is 16.0 Å². The molecule has 0 aliphatic rings. The summed E-state index contributed by atoms with van der Waals surface area (Å²) >= 11 is 0. The van der Waals surface area contributed by atoms with Gasteiger partial charge in [0, 0.05) is 23.5 Å². The van der Waals surface area contributed by atoms with Crippen LogP contribution in [-0.2, 0) is 17.9 Å². The fourth-order valence-corrected chi connectivity index (χ4v) is 2.29. The van der Waals surface area contributed by atoms with Crippen LogP contribution in [-0.4, -0.2) is 20.7 Å². The second-order valence-corrected chi connectivity index (χ2v) is 5.35. The van der Waals surface area contributed by atoms with Gasteiger partial charge in [0.05, 0.1) is 6.20 Å². The minimum absolute atomic E-state index is 0.123. The highest BCUT2D eigenvalue weighted by molar-refractivity contribution is 5.95. The molecule has 25 heavy (non-hydrogen) atoms. The zero-order valence-corrected chi connectivity index (χ0v) is 13.4. The molecule has 2 N–H and O–H groups in total. The lowest BCUT2D eigenvalue weighted by molar-refractivity contribution is 0.0473. The largest absolute Gasteiger partial charge is 0.457 e. The summed E-state index contributed by atoms with van der Waals surface area (Å²) < 4.78 is 6.95. The summed E-state index contributed by atoms with van der Waals surface area (Å²) in [6.07, 6.45) is 10.3. The van der Waals surface area contributed by atoms with Crippen molar-refractivity contribution < 1.29 is 9.53 Å². The van der Waals surface area contributed by atoms with E-state index in [1.165, 1.54) is 0 Å². The molecule has 0 spiro atoms. The van der Waals surface area contributed by atoms with Crippen LogP contribution in [0.2, 0.25) is 0 Å². The molecule has 0 amide bonds. The molecule has 0 atom stereocenters. The van der Waals surface area contributed by atoms with Gasteiger partial charge in [-0.05, 0) is 11.6 Å². The first kappa shape index (κ1) is 16.3. The molecule has 2 aromatic heterocycles. The molecule has 0 saturated carbocycles. The highest BCUT2D eigenvalue weighted by Crippen LogP contribution is 2.22. The number of nitrogen functional groups attached to an aromatic ring is 1. The summed E-state index contributed by atoms with van der Waals surface area (Å²) in [6.45, 7) is 0.540. The van der Waals surface area contributed by atoms with Gasteiger partial charge in [-0.25, -0.2) is 9.78 Å². The van der Waals surface area contributed by atoms with Crippen LogP contribution in [0.1, 0.15) is 15.9 Å². The van der Waals surface area contributed by atoms with Crippen molar-refractivity contribution in [1.29, 1.82) is 0 Å². The summed E-state index contributed by atoms with van der Waals surface area (Å²) in [7, 11) is 0. The van der Waals surface area contributed by atoms with Gasteiger partial charge in [0.1, 0.15) is 24.5 Å². The summed E-state index contributed by atoms with van der Waals surface area (Å²) in [6, 6.07) is 11.1. The van der Waals surface area contributed by atoms with E-state index in [4.69, 9.17) is 16.9 Å². The summed E-state index contributed by atoms with van der Waals surface area (Å²) in [5.74, 6) is 2.11. The van der Waals surface area contributed by atoms with Crippen molar-refractivity contribution in [1.82, 2.24) is 14.8 Å². The predicted octanol–water partition coefficient (Wildman–Crippen LogP) is 2.52. The molecule has 3 rings (SSSR count).